The molecule has 0 unspecified atom stereocenters. The van der Waals surface area contributed by atoms with Crippen LogP contribution in [0.3, 0.4) is 0 Å². The lowest BCUT2D eigenvalue weighted by Crippen LogP contribution is -2.17. The van der Waals surface area contributed by atoms with E-state index in [1.807, 2.05) is 0 Å². The molecule has 0 atom stereocenters. The number of nitrogens with zero attached hydrogens (tertiary/aromatic N) is 1. The number of amides is 1. The molecule has 54 valence electrons. The summed E-state index contributed by atoms with van der Waals surface area (Å²) < 4.78 is 0.756. The van der Waals surface area contributed by atoms with Gasteiger partial charge < -0.3 is 0 Å². The summed E-state index contributed by atoms with van der Waals surface area (Å²) in [5.41, 5.74) is 1.48. The molecular weight excluding hydrogens is 220 g/mol. The number of thiazole rings is 1. The standard InChI is InChI=1S/C4H3BrN2O2S/c5-2-1-6-4(10-2)3(8)7-9/h1,9H,(H,7,8). The molecule has 0 fully saturated rings. The topological polar surface area (TPSA) is 62.2 Å². The molecule has 0 bridgehead atoms. The number of hydroxylamine groups is 1. The Hall–Kier alpha value is -0.460. The Labute approximate surface area is 69.0 Å². The zero-order chi connectivity index (χ0) is 7.56. The zero-order valence-corrected chi connectivity index (χ0v) is 7.07. The van der Waals surface area contributed by atoms with Gasteiger partial charge >= 0.3 is 5.91 Å². The number of aromatic nitrogens is 1. The van der Waals surface area contributed by atoms with Gasteiger partial charge in [-0.25, -0.2) is 10.5 Å². The van der Waals surface area contributed by atoms with Crippen LogP contribution in [0.25, 0.3) is 0 Å². The van der Waals surface area contributed by atoms with Crippen LogP contribution in [0.5, 0.6) is 0 Å². The summed E-state index contributed by atoms with van der Waals surface area (Å²) in [4.78, 5) is 14.3. The Bertz CT molecular complexity index is 249. The van der Waals surface area contributed by atoms with Crippen molar-refractivity contribution >= 4 is 33.2 Å². The van der Waals surface area contributed by atoms with E-state index in [1.165, 1.54) is 11.7 Å². The summed E-state index contributed by atoms with van der Waals surface area (Å²) >= 11 is 4.28. The number of carbonyl (C=O) groups excluding carboxylic acids is 1. The van der Waals surface area contributed by atoms with Gasteiger partial charge in [0.05, 0.1) is 9.98 Å². The van der Waals surface area contributed by atoms with Crippen molar-refractivity contribution in [2.75, 3.05) is 0 Å². The van der Waals surface area contributed by atoms with Crippen LogP contribution >= 0.6 is 27.3 Å². The van der Waals surface area contributed by atoms with Gasteiger partial charge in [-0.2, -0.15) is 0 Å². The highest BCUT2D eigenvalue weighted by Crippen LogP contribution is 2.18. The Balaban J connectivity index is 2.85. The van der Waals surface area contributed by atoms with Crippen molar-refractivity contribution < 1.29 is 10.0 Å². The van der Waals surface area contributed by atoms with Gasteiger partial charge in [-0.05, 0) is 15.9 Å². The fourth-order valence-electron chi connectivity index (χ4n) is 0.407. The highest BCUT2D eigenvalue weighted by molar-refractivity contribution is 9.11. The fraction of sp³-hybridized carbons (Fsp3) is 0. The van der Waals surface area contributed by atoms with Crippen molar-refractivity contribution in [1.82, 2.24) is 10.5 Å². The maximum Gasteiger partial charge on any atom is 0.303 e. The van der Waals surface area contributed by atoms with Gasteiger partial charge in [-0.3, -0.25) is 10.0 Å². The Kier molecular flexibility index (Phi) is 2.36. The second kappa shape index (κ2) is 3.09. The van der Waals surface area contributed by atoms with Crippen molar-refractivity contribution in [3.8, 4) is 0 Å². The Morgan fingerprint density at radius 2 is 2.60 bits per heavy atom. The van der Waals surface area contributed by atoms with Crippen LogP contribution in [0, 0.1) is 0 Å². The predicted molar refractivity (Wildman–Crippen MR) is 39.1 cm³/mol. The van der Waals surface area contributed by atoms with E-state index in [9.17, 15) is 4.79 Å². The number of carbonyl (C=O) groups is 1. The average Bonchev–Trinajstić information content (AvgIpc) is 2.34. The molecule has 1 amide bonds. The molecule has 0 aliphatic carbocycles. The first-order chi connectivity index (χ1) is 4.74. The number of rotatable bonds is 1. The van der Waals surface area contributed by atoms with Crippen LogP contribution in [0.2, 0.25) is 0 Å². The van der Waals surface area contributed by atoms with Gasteiger partial charge in [0.2, 0.25) is 0 Å². The molecule has 0 saturated carbocycles. The van der Waals surface area contributed by atoms with Crippen molar-refractivity contribution in [1.29, 1.82) is 0 Å². The molecule has 0 spiro atoms. The van der Waals surface area contributed by atoms with Gasteiger partial charge in [0.25, 0.3) is 0 Å². The fourth-order valence-corrected chi connectivity index (χ4v) is 1.50. The third kappa shape index (κ3) is 1.53. The first-order valence-electron chi connectivity index (χ1n) is 2.30. The summed E-state index contributed by atoms with van der Waals surface area (Å²) in [5, 5.41) is 8.38. The molecule has 1 rings (SSSR count). The molecule has 2 N–H and O–H groups in total. The zero-order valence-electron chi connectivity index (χ0n) is 4.67. The second-order valence-corrected chi connectivity index (χ2v) is 3.82. The minimum absolute atomic E-state index is 0.231. The Morgan fingerprint density at radius 3 is 3.00 bits per heavy atom. The van der Waals surface area contributed by atoms with E-state index < -0.39 is 5.91 Å². The second-order valence-electron chi connectivity index (χ2n) is 1.41. The first-order valence-corrected chi connectivity index (χ1v) is 3.90. The van der Waals surface area contributed by atoms with Gasteiger partial charge in [0.1, 0.15) is 0 Å². The highest BCUT2D eigenvalue weighted by atomic mass is 79.9. The predicted octanol–water partition coefficient (Wildman–Crippen LogP) is 1.02. The average molecular weight is 223 g/mol. The van der Waals surface area contributed by atoms with Crippen LogP contribution in [0.1, 0.15) is 9.80 Å². The van der Waals surface area contributed by atoms with Crippen LogP contribution < -0.4 is 5.48 Å². The van der Waals surface area contributed by atoms with Crippen molar-refractivity contribution in [3.05, 3.63) is 15.0 Å². The normalized spacial score (nSPS) is 9.40. The quantitative estimate of drug-likeness (QED) is 0.552. The van der Waals surface area contributed by atoms with Crippen molar-refractivity contribution in [2.45, 2.75) is 0 Å². The maximum atomic E-state index is 10.6. The minimum Gasteiger partial charge on any atom is -0.288 e. The van der Waals surface area contributed by atoms with Crippen LogP contribution in [-0.2, 0) is 0 Å². The SMILES string of the molecule is O=C(NO)c1ncc(Br)s1. The van der Waals surface area contributed by atoms with E-state index in [0.717, 1.165) is 15.1 Å². The summed E-state index contributed by atoms with van der Waals surface area (Å²) in [6, 6.07) is 0. The molecule has 1 aromatic heterocycles. The third-order valence-electron chi connectivity index (χ3n) is 0.773. The van der Waals surface area contributed by atoms with Gasteiger partial charge in [-0.15, -0.1) is 11.3 Å². The maximum absolute atomic E-state index is 10.6. The summed E-state index contributed by atoms with van der Waals surface area (Å²) in [6.45, 7) is 0. The summed E-state index contributed by atoms with van der Waals surface area (Å²) in [6.07, 6.45) is 1.50. The minimum atomic E-state index is -0.587. The van der Waals surface area contributed by atoms with Crippen LogP contribution in [0.4, 0.5) is 0 Å². The van der Waals surface area contributed by atoms with E-state index in [4.69, 9.17) is 5.21 Å². The molecule has 10 heavy (non-hydrogen) atoms. The van der Waals surface area contributed by atoms with E-state index in [0.29, 0.717) is 0 Å². The van der Waals surface area contributed by atoms with E-state index in [1.54, 1.807) is 0 Å². The summed E-state index contributed by atoms with van der Waals surface area (Å²) in [7, 11) is 0. The lowest BCUT2D eigenvalue weighted by molar-refractivity contribution is 0.0706. The van der Waals surface area contributed by atoms with E-state index in [2.05, 4.69) is 20.9 Å². The lowest BCUT2D eigenvalue weighted by atomic mass is 10.7. The smallest absolute Gasteiger partial charge is 0.288 e. The molecule has 1 aromatic rings. The number of hydrogen-bond acceptors (Lipinski definition) is 4. The molecule has 6 heteroatoms. The molecule has 1 heterocycles. The molecule has 4 nitrogen and oxygen atoms in total. The van der Waals surface area contributed by atoms with Gasteiger partial charge in [0, 0.05) is 0 Å². The van der Waals surface area contributed by atoms with Crippen molar-refractivity contribution in [3.63, 3.8) is 0 Å². The van der Waals surface area contributed by atoms with Crippen LogP contribution in [0.15, 0.2) is 9.98 Å². The molecule has 0 radical (unpaired) electrons. The number of halogens is 1. The Morgan fingerprint density at radius 1 is 1.90 bits per heavy atom. The summed E-state index contributed by atoms with van der Waals surface area (Å²) in [5.74, 6) is -0.587. The van der Waals surface area contributed by atoms with Gasteiger partial charge in [0.15, 0.2) is 5.01 Å². The lowest BCUT2D eigenvalue weighted by Gasteiger charge is -1.88. The number of hydrogen-bond donors (Lipinski definition) is 2. The molecule has 0 aliphatic heterocycles. The molecule has 0 aliphatic rings. The first kappa shape index (κ1) is 7.64. The van der Waals surface area contributed by atoms with E-state index >= 15 is 0 Å². The third-order valence-corrected chi connectivity index (χ3v) is 2.25. The highest BCUT2D eigenvalue weighted by Gasteiger charge is 2.07. The molecule has 0 aromatic carbocycles. The molecule has 0 saturated heterocycles. The number of nitrogens with one attached hydrogen (secondary N) is 1. The monoisotopic (exact) mass is 222 g/mol. The van der Waals surface area contributed by atoms with E-state index in [-0.39, 0.29) is 5.01 Å². The van der Waals surface area contributed by atoms with Gasteiger partial charge in [-0.1, -0.05) is 0 Å². The van der Waals surface area contributed by atoms with Crippen LogP contribution in [-0.4, -0.2) is 16.1 Å². The molecular formula is C4H3BrN2O2S. The van der Waals surface area contributed by atoms with Crippen molar-refractivity contribution in [2.24, 2.45) is 0 Å². The largest absolute Gasteiger partial charge is 0.303 e.